The highest BCUT2D eigenvalue weighted by Gasteiger charge is 2.21. The maximum atomic E-state index is 13.2. The van der Waals surface area contributed by atoms with Gasteiger partial charge in [-0.05, 0) is 35.6 Å². The molecule has 0 bridgehead atoms. The van der Waals surface area contributed by atoms with Gasteiger partial charge in [0.05, 0.1) is 12.7 Å². The lowest BCUT2D eigenvalue weighted by Crippen LogP contribution is -2.42. The maximum Gasteiger partial charge on any atom is 0.123 e. The Labute approximate surface area is 122 Å². The van der Waals surface area contributed by atoms with Crippen molar-refractivity contribution in [1.29, 1.82) is 0 Å². The quantitative estimate of drug-likeness (QED) is 0.857. The van der Waals surface area contributed by atoms with Crippen LogP contribution in [0.25, 0.3) is 0 Å². The molecule has 1 aliphatic rings. The summed E-state index contributed by atoms with van der Waals surface area (Å²) in [5.41, 5.74) is 1.01. The first kappa shape index (κ1) is 13.7. The standard InChI is InChI=1S/C16H18FNOS/c17-14-4-1-3-13(9-14)10-15-11-18(6-7-19-15)12-16-5-2-8-20-16/h1-5,8-9,15H,6-7,10-12H2. The van der Waals surface area contributed by atoms with E-state index in [4.69, 9.17) is 4.74 Å². The number of hydrogen-bond donors (Lipinski definition) is 0. The Bertz CT molecular complexity index is 543. The highest BCUT2D eigenvalue weighted by Crippen LogP contribution is 2.17. The summed E-state index contributed by atoms with van der Waals surface area (Å²) in [5.74, 6) is -0.172. The fraction of sp³-hybridized carbons (Fsp3) is 0.375. The smallest absolute Gasteiger partial charge is 0.123 e. The molecule has 106 valence electrons. The van der Waals surface area contributed by atoms with E-state index in [9.17, 15) is 4.39 Å². The van der Waals surface area contributed by atoms with Gasteiger partial charge in [-0.1, -0.05) is 18.2 Å². The Morgan fingerprint density at radius 1 is 1.30 bits per heavy atom. The number of thiophene rings is 1. The summed E-state index contributed by atoms with van der Waals surface area (Å²) in [6, 6.07) is 11.1. The maximum absolute atomic E-state index is 13.2. The molecule has 1 unspecified atom stereocenters. The summed E-state index contributed by atoms with van der Waals surface area (Å²) in [4.78, 5) is 3.80. The molecule has 3 rings (SSSR count). The third-order valence-electron chi connectivity index (χ3n) is 3.53. The molecule has 0 radical (unpaired) electrons. The van der Waals surface area contributed by atoms with Crippen molar-refractivity contribution in [3.05, 3.63) is 58.0 Å². The SMILES string of the molecule is Fc1cccc(CC2CN(Cc3cccs3)CCO2)c1. The van der Waals surface area contributed by atoms with E-state index in [1.54, 1.807) is 23.5 Å². The molecule has 0 spiro atoms. The van der Waals surface area contributed by atoms with Crippen molar-refractivity contribution in [2.45, 2.75) is 19.1 Å². The first-order valence-electron chi connectivity index (χ1n) is 6.90. The summed E-state index contributed by atoms with van der Waals surface area (Å²) in [5, 5.41) is 2.11. The molecule has 1 atom stereocenters. The second kappa shape index (κ2) is 6.48. The third-order valence-corrected chi connectivity index (χ3v) is 4.40. The predicted molar refractivity (Wildman–Crippen MR) is 79.4 cm³/mol. The molecule has 0 saturated carbocycles. The number of rotatable bonds is 4. The van der Waals surface area contributed by atoms with E-state index in [2.05, 4.69) is 22.4 Å². The van der Waals surface area contributed by atoms with Crippen molar-refractivity contribution in [3.8, 4) is 0 Å². The lowest BCUT2D eigenvalue weighted by Gasteiger charge is -2.32. The fourth-order valence-electron chi connectivity index (χ4n) is 2.60. The minimum absolute atomic E-state index is 0.158. The van der Waals surface area contributed by atoms with E-state index in [1.807, 2.05) is 6.07 Å². The van der Waals surface area contributed by atoms with Crippen LogP contribution < -0.4 is 0 Å². The van der Waals surface area contributed by atoms with Crippen LogP contribution >= 0.6 is 11.3 Å². The minimum atomic E-state index is -0.172. The van der Waals surface area contributed by atoms with E-state index in [-0.39, 0.29) is 11.9 Å². The Kier molecular flexibility index (Phi) is 4.45. The topological polar surface area (TPSA) is 12.5 Å². The minimum Gasteiger partial charge on any atom is -0.375 e. The van der Waals surface area contributed by atoms with Crippen LogP contribution in [-0.4, -0.2) is 30.7 Å². The zero-order valence-electron chi connectivity index (χ0n) is 11.3. The molecule has 0 N–H and O–H groups in total. The summed E-state index contributed by atoms with van der Waals surface area (Å²) < 4.78 is 19.0. The average Bonchev–Trinajstić information content (AvgIpc) is 2.92. The molecule has 0 amide bonds. The highest BCUT2D eigenvalue weighted by molar-refractivity contribution is 7.09. The number of benzene rings is 1. The Hall–Kier alpha value is -1.23. The van der Waals surface area contributed by atoms with Gasteiger partial charge in [0.2, 0.25) is 0 Å². The van der Waals surface area contributed by atoms with Gasteiger partial charge in [0.25, 0.3) is 0 Å². The van der Waals surface area contributed by atoms with E-state index in [0.29, 0.717) is 0 Å². The number of morpholine rings is 1. The van der Waals surface area contributed by atoms with Crippen LogP contribution in [0.2, 0.25) is 0 Å². The van der Waals surface area contributed by atoms with E-state index >= 15 is 0 Å². The second-order valence-corrected chi connectivity index (χ2v) is 6.17. The van der Waals surface area contributed by atoms with E-state index < -0.39 is 0 Å². The highest BCUT2D eigenvalue weighted by atomic mass is 32.1. The normalized spacial score (nSPS) is 20.1. The van der Waals surface area contributed by atoms with Crippen molar-refractivity contribution in [2.24, 2.45) is 0 Å². The van der Waals surface area contributed by atoms with Crippen molar-refractivity contribution in [3.63, 3.8) is 0 Å². The van der Waals surface area contributed by atoms with Gasteiger partial charge >= 0.3 is 0 Å². The molecule has 1 fully saturated rings. The molecule has 4 heteroatoms. The first-order valence-corrected chi connectivity index (χ1v) is 7.78. The van der Waals surface area contributed by atoms with Crippen LogP contribution in [0.15, 0.2) is 41.8 Å². The number of ether oxygens (including phenoxy) is 1. The molecule has 2 nitrogen and oxygen atoms in total. The Balaban J connectivity index is 1.57. The number of hydrogen-bond acceptors (Lipinski definition) is 3. The van der Waals surface area contributed by atoms with Gasteiger partial charge in [-0.25, -0.2) is 4.39 Å². The molecule has 1 aliphatic heterocycles. The summed E-state index contributed by atoms with van der Waals surface area (Å²) in [7, 11) is 0. The van der Waals surface area contributed by atoms with Crippen LogP contribution in [-0.2, 0) is 17.7 Å². The molecule has 1 aromatic carbocycles. The molecule has 0 aliphatic carbocycles. The van der Waals surface area contributed by atoms with Crippen molar-refractivity contribution in [2.75, 3.05) is 19.7 Å². The molecular formula is C16H18FNOS. The largest absolute Gasteiger partial charge is 0.375 e. The van der Waals surface area contributed by atoms with Crippen LogP contribution in [0.3, 0.4) is 0 Å². The van der Waals surface area contributed by atoms with Crippen molar-refractivity contribution >= 4 is 11.3 Å². The molecule has 1 aromatic heterocycles. The van der Waals surface area contributed by atoms with Crippen LogP contribution in [0.5, 0.6) is 0 Å². The van der Waals surface area contributed by atoms with Gasteiger partial charge in [0, 0.05) is 24.5 Å². The fourth-order valence-corrected chi connectivity index (χ4v) is 3.34. The molecule has 2 heterocycles. The monoisotopic (exact) mass is 291 g/mol. The van der Waals surface area contributed by atoms with Crippen molar-refractivity contribution < 1.29 is 9.13 Å². The second-order valence-electron chi connectivity index (χ2n) is 5.14. The van der Waals surface area contributed by atoms with Gasteiger partial charge in [0.15, 0.2) is 0 Å². The Morgan fingerprint density at radius 3 is 3.05 bits per heavy atom. The van der Waals surface area contributed by atoms with Gasteiger partial charge < -0.3 is 4.74 Å². The number of nitrogens with zero attached hydrogens (tertiary/aromatic N) is 1. The van der Waals surface area contributed by atoms with Gasteiger partial charge in [0.1, 0.15) is 5.82 Å². The summed E-state index contributed by atoms with van der Waals surface area (Å²) in [6.45, 7) is 3.62. The lowest BCUT2D eigenvalue weighted by atomic mass is 10.1. The zero-order chi connectivity index (χ0) is 13.8. The molecule has 1 saturated heterocycles. The summed E-state index contributed by atoms with van der Waals surface area (Å²) in [6.07, 6.45) is 0.934. The molecule has 2 aromatic rings. The molecule has 20 heavy (non-hydrogen) atoms. The van der Waals surface area contributed by atoms with Crippen LogP contribution in [0.4, 0.5) is 4.39 Å². The average molecular weight is 291 g/mol. The lowest BCUT2D eigenvalue weighted by molar-refractivity contribution is -0.0302. The first-order chi connectivity index (χ1) is 9.79. The number of halogens is 1. The van der Waals surface area contributed by atoms with Gasteiger partial charge in [-0.2, -0.15) is 0 Å². The van der Waals surface area contributed by atoms with Crippen molar-refractivity contribution in [1.82, 2.24) is 4.90 Å². The molecular weight excluding hydrogens is 273 g/mol. The predicted octanol–water partition coefficient (Wildman–Crippen LogP) is 3.33. The van der Waals surface area contributed by atoms with E-state index in [0.717, 1.165) is 38.2 Å². The van der Waals surface area contributed by atoms with Crippen LogP contribution in [0, 0.1) is 5.82 Å². The Morgan fingerprint density at radius 2 is 2.25 bits per heavy atom. The van der Waals surface area contributed by atoms with E-state index in [1.165, 1.54) is 10.9 Å². The third kappa shape index (κ3) is 3.66. The van der Waals surface area contributed by atoms with Gasteiger partial charge in [-0.3, -0.25) is 4.90 Å². The zero-order valence-corrected chi connectivity index (χ0v) is 12.1. The van der Waals surface area contributed by atoms with Crippen LogP contribution in [0.1, 0.15) is 10.4 Å². The van der Waals surface area contributed by atoms with Gasteiger partial charge in [-0.15, -0.1) is 11.3 Å². The summed E-state index contributed by atoms with van der Waals surface area (Å²) >= 11 is 1.79.